The first-order chi connectivity index (χ1) is 8.61. The fourth-order valence-electron chi connectivity index (χ4n) is 1.64. The first-order valence-electron chi connectivity index (χ1n) is 5.25. The Morgan fingerprint density at radius 3 is 2.24 bits per heavy atom. The number of ether oxygens (including phenoxy) is 1. The molecule has 0 aromatic carbocycles. The van der Waals surface area contributed by atoms with Crippen LogP contribution in [0.2, 0.25) is 0 Å². The molecule has 1 aliphatic rings. The Hall–Kier alpha value is 1.42. The maximum absolute atomic E-state index is 10.8. The van der Waals surface area contributed by atoms with Gasteiger partial charge in [-0.15, -0.1) is 0 Å². The van der Waals surface area contributed by atoms with Crippen LogP contribution in [0.5, 0.6) is 0 Å². The fraction of sp³-hybridized carbons (Fsp3) is 0.875. The number of rotatable bonds is 4. The van der Waals surface area contributed by atoms with Gasteiger partial charge < -0.3 is 44.2 Å². The third-order valence-corrected chi connectivity index (χ3v) is 2.95. The molecule has 1 fully saturated rings. The molecular weight excluding hydrogens is 331 g/mol. The molecule has 0 unspecified atom stereocenters. The second-order valence-corrected chi connectivity index (χ2v) is 5.17. The average molecular weight is 345 g/mol. The third-order valence-electron chi connectivity index (χ3n) is 2.49. The van der Waals surface area contributed by atoms with Gasteiger partial charge in [-0.2, -0.15) is 0 Å². The molecule has 5 atom stereocenters. The maximum Gasteiger partial charge on any atom is 1.00 e. The van der Waals surface area contributed by atoms with E-state index in [-0.39, 0.29) is 59.1 Å². The Bertz CT molecular complexity index is 381. The van der Waals surface area contributed by atoms with Crippen LogP contribution >= 0.6 is 7.82 Å². The molecule has 1 saturated heterocycles. The van der Waals surface area contributed by atoms with Crippen molar-refractivity contribution in [3.63, 3.8) is 0 Å². The molecule has 4 N–H and O–H groups in total. The number of phosphoric acid groups is 1. The molecule has 0 spiro atoms. The van der Waals surface area contributed by atoms with E-state index in [1.165, 1.54) is 0 Å². The second-order valence-electron chi connectivity index (χ2n) is 4.02. The Balaban J connectivity index is 0. The van der Waals surface area contributed by atoms with Crippen molar-refractivity contribution in [1.29, 1.82) is 0 Å². The van der Waals surface area contributed by atoms with Crippen LogP contribution in [0.15, 0.2) is 0 Å². The van der Waals surface area contributed by atoms with Gasteiger partial charge in [0.1, 0.15) is 24.4 Å². The second kappa shape index (κ2) is 10.3. The summed E-state index contributed by atoms with van der Waals surface area (Å²) in [6.45, 7) is 0.276. The normalized spacial score (nSPS) is 32.6. The number of aliphatic hydroxyl groups is 3. The number of nitrogens with one attached hydrogen (secondary N) is 1. The Morgan fingerprint density at radius 1 is 1.29 bits per heavy atom. The zero-order valence-corrected chi connectivity index (χ0v) is 16.7. The van der Waals surface area contributed by atoms with Gasteiger partial charge in [-0.3, -0.25) is 4.79 Å². The SMILES string of the molecule is CC(=O)N[C@@H]1[C@@H](O)[C@H](O)[C@@H](COP(=O)([O-])[O-])O[C@@H]1O.[Na+].[Na+]. The monoisotopic (exact) mass is 345 g/mol. The fourth-order valence-corrected chi connectivity index (χ4v) is 1.97. The summed E-state index contributed by atoms with van der Waals surface area (Å²) in [7, 11) is -5.26. The number of phosphoric ester groups is 1. The van der Waals surface area contributed by atoms with Gasteiger partial charge in [0.25, 0.3) is 0 Å². The van der Waals surface area contributed by atoms with Gasteiger partial charge in [0.05, 0.1) is 14.4 Å². The zero-order chi connectivity index (χ0) is 14.8. The summed E-state index contributed by atoms with van der Waals surface area (Å²) in [4.78, 5) is 31.4. The van der Waals surface area contributed by atoms with Crippen LogP contribution in [0, 0.1) is 0 Å². The van der Waals surface area contributed by atoms with E-state index in [9.17, 15) is 34.5 Å². The number of aliphatic hydroxyl groups excluding tert-OH is 3. The van der Waals surface area contributed by atoms with Gasteiger partial charge in [-0.25, -0.2) is 0 Å². The van der Waals surface area contributed by atoms with E-state index >= 15 is 0 Å². The van der Waals surface area contributed by atoms with Crippen molar-refractivity contribution < 1.29 is 103 Å². The molecule has 0 aliphatic carbocycles. The van der Waals surface area contributed by atoms with Crippen LogP contribution in [0.4, 0.5) is 0 Å². The standard InChI is InChI=1S/C8H16NO9P.2Na/c1-3(10)9-5-7(12)6(11)4(18-8(5)13)2-17-19(14,15)16;;/h4-8,11-13H,2H2,1H3,(H,9,10)(H2,14,15,16);;/q;2*+1/p-2/t4-,5-,6-,7-,8+;;/m1../s1. The van der Waals surface area contributed by atoms with Crippen LogP contribution in [-0.2, 0) is 18.6 Å². The van der Waals surface area contributed by atoms with Crippen molar-refractivity contribution in [3.05, 3.63) is 0 Å². The van der Waals surface area contributed by atoms with E-state index in [1.807, 2.05) is 0 Å². The van der Waals surface area contributed by atoms with Gasteiger partial charge in [0, 0.05) is 6.92 Å². The summed E-state index contributed by atoms with van der Waals surface area (Å²) in [5.74, 6) is -0.572. The molecule has 1 rings (SSSR count). The number of amides is 1. The summed E-state index contributed by atoms with van der Waals surface area (Å²) in [5, 5.41) is 31.0. The van der Waals surface area contributed by atoms with Crippen molar-refractivity contribution in [2.75, 3.05) is 6.61 Å². The van der Waals surface area contributed by atoms with Crippen LogP contribution in [0.3, 0.4) is 0 Å². The molecule has 112 valence electrons. The predicted octanol–water partition coefficient (Wildman–Crippen LogP) is -10.2. The van der Waals surface area contributed by atoms with Gasteiger partial charge in [0.2, 0.25) is 5.91 Å². The maximum atomic E-state index is 10.8. The predicted molar refractivity (Wildman–Crippen MR) is 54.1 cm³/mol. The van der Waals surface area contributed by atoms with Gasteiger partial charge in [0.15, 0.2) is 6.29 Å². The first-order valence-corrected chi connectivity index (χ1v) is 6.71. The minimum atomic E-state index is -5.26. The molecular formula is C8H14NNa2O9P. The van der Waals surface area contributed by atoms with Gasteiger partial charge in [-0.1, -0.05) is 0 Å². The smallest absolute Gasteiger partial charge is 0.790 e. The number of carbonyl (C=O) groups excluding carboxylic acids is 1. The Labute approximate surface area is 165 Å². The largest absolute Gasteiger partial charge is 1.00 e. The third kappa shape index (κ3) is 8.18. The molecule has 0 radical (unpaired) electrons. The molecule has 0 aromatic rings. The first kappa shape index (κ1) is 24.7. The van der Waals surface area contributed by atoms with Crippen molar-refractivity contribution >= 4 is 13.7 Å². The Kier molecular flexibility index (Phi) is 12.1. The van der Waals surface area contributed by atoms with Crippen molar-refractivity contribution in [2.45, 2.75) is 37.6 Å². The van der Waals surface area contributed by atoms with E-state index in [1.54, 1.807) is 0 Å². The molecule has 21 heavy (non-hydrogen) atoms. The average Bonchev–Trinajstić information content (AvgIpc) is 2.26. The molecule has 0 bridgehead atoms. The minimum Gasteiger partial charge on any atom is -0.790 e. The summed E-state index contributed by atoms with van der Waals surface area (Å²) in [6, 6.07) is -1.28. The number of hydrogen-bond acceptors (Lipinski definition) is 9. The van der Waals surface area contributed by atoms with E-state index in [0.717, 1.165) is 6.92 Å². The zero-order valence-electron chi connectivity index (χ0n) is 11.8. The van der Waals surface area contributed by atoms with Crippen LogP contribution in [0.25, 0.3) is 0 Å². The molecule has 10 nitrogen and oxygen atoms in total. The number of hydrogen-bond donors (Lipinski definition) is 4. The summed E-state index contributed by atoms with van der Waals surface area (Å²) in [6.07, 6.45) is -6.37. The van der Waals surface area contributed by atoms with E-state index in [2.05, 4.69) is 9.84 Å². The van der Waals surface area contributed by atoms with Crippen LogP contribution in [-0.4, -0.2) is 58.5 Å². The topological polar surface area (TPSA) is 171 Å². The molecule has 13 heteroatoms. The number of carbonyl (C=O) groups is 1. The summed E-state index contributed by atoms with van der Waals surface area (Å²) in [5.41, 5.74) is 0. The summed E-state index contributed by atoms with van der Waals surface area (Å²) < 4.78 is 19.0. The van der Waals surface area contributed by atoms with Crippen molar-refractivity contribution in [2.24, 2.45) is 0 Å². The van der Waals surface area contributed by atoms with Crippen molar-refractivity contribution in [1.82, 2.24) is 5.32 Å². The Morgan fingerprint density at radius 2 is 1.81 bits per heavy atom. The van der Waals surface area contributed by atoms with E-state index < -0.39 is 51.0 Å². The molecule has 1 amide bonds. The van der Waals surface area contributed by atoms with Crippen LogP contribution in [0.1, 0.15) is 6.92 Å². The molecule has 1 heterocycles. The summed E-state index contributed by atoms with van der Waals surface area (Å²) >= 11 is 0. The van der Waals surface area contributed by atoms with Gasteiger partial charge in [-0.05, 0) is 0 Å². The van der Waals surface area contributed by atoms with Gasteiger partial charge >= 0.3 is 59.1 Å². The molecule has 0 saturated carbocycles. The van der Waals surface area contributed by atoms with E-state index in [4.69, 9.17) is 4.74 Å². The minimum absolute atomic E-state index is 0. The molecule has 1 aliphatic heterocycles. The van der Waals surface area contributed by atoms with Crippen LogP contribution < -0.4 is 74.2 Å². The molecule has 0 aromatic heterocycles. The quantitative estimate of drug-likeness (QED) is 0.285. The van der Waals surface area contributed by atoms with Crippen molar-refractivity contribution in [3.8, 4) is 0 Å². The van der Waals surface area contributed by atoms with E-state index in [0.29, 0.717) is 0 Å².